The van der Waals surface area contributed by atoms with Crippen LogP contribution in [0.15, 0.2) is 24.5 Å². The molecule has 2 heterocycles. The SMILES string of the molecule is O=C(O)[C@H]1CCCN1c1ncnc2cc(Cl)ccc12. The number of hydrogen-bond acceptors (Lipinski definition) is 4. The van der Waals surface area contributed by atoms with Crippen LogP contribution in [0.25, 0.3) is 10.9 Å². The zero-order valence-corrected chi connectivity index (χ0v) is 10.8. The molecule has 5 nitrogen and oxygen atoms in total. The minimum Gasteiger partial charge on any atom is -0.480 e. The molecule has 1 fully saturated rings. The highest BCUT2D eigenvalue weighted by atomic mass is 35.5. The normalized spacial score (nSPS) is 19.0. The molecule has 1 aliphatic rings. The van der Waals surface area contributed by atoms with Gasteiger partial charge in [0.15, 0.2) is 0 Å². The van der Waals surface area contributed by atoms with Crippen molar-refractivity contribution < 1.29 is 9.90 Å². The van der Waals surface area contributed by atoms with Gasteiger partial charge in [-0.1, -0.05) is 11.6 Å². The van der Waals surface area contributed by atoms with Crippen LogP contribution >= 0.6 is 11.6 Å². The molecule has 1 aromatic carbocycles. The second kappa shape index (κ2) is 4.66. The Morgan fingerprint density at radius 1 is 1.42 bits per heavy atom. The lowest BCUT2D eigenvalue weighted by molar-refractivity contribution is -0.138. The summed E-state index contributed by atoms with van der Waals surface area (Å²) >= 11 is 5.94. The molecule has 0 amide bonds. The molecule has 19 heavy (non-hydrogen) atoms. The van der Waals surface area contributed by atoms with Gasteiger partial charge >= 0.3 is 5.97 Å². The van der Waals surface area contributed by atoms with Gasteiger partial charge < -0.3 is 10.0 Å². The molecule has 0 radical (unpaired) electrons. The Hall–Kier alpha value is -1.88. The Morgan fingerprint density at radius 3 is 3.05 bits per heavy atom. The maximum absolute atomic E-state index is 11.3. The van der Waals surface area contributed by atoms with Crippen LogP contribution in [0.2, 0.25) is 5.02 Å². The molecule has 1 aromatic heterocycles. The summed E-state index contributed by atoms with van der Waals surface area (Å²) in [5.74, 6) is -0.134. The Bertz CT molecular complexity index is 647. The first-order valence-electron chi connectivity index (χ1n) is 6.06. The fourth-order valence-electron chi connectivity index (χ4n) is 2.52. The van der Waals surface area contributed by atoms with Gasteiger partial charge in [-0.25, -0.2) is 14.8 Å². The van der Waals surface area contributed by atoms with Crippen molar-refractivity contribution in [3.05, 3.63) is 29.5 Å². The maximum atomic E-state index is 11.3. The van der Waals surface area contributed by atoms with Gasteiger partial charge in [-0.05, 0) is 31.0 Å². The van der Waals surface area contributed by atoms with Gasteiger partial charge in [-0.2, -0.15) is 0 Å². The largest absolute Gasteiger partial charge is 0.480 e. The van der Waals surface area contributed by atoms with E-state index in [1.807, 2.05) is 11.0 Å². The number of fused-ring (bicyclic) bond motifs is 1. The number of anilines is 1. The lowest BCUT2D eigenvalue weighted by Gasteiger charge is -2.23. The standard InChI is InChI=1S/C13H12ClN3O2/c14-8-3-4-9-10(6-8)15-7-16-12(9)17-5-1-2-11(17)13(18)19/h3-4,6-7,11H,1-2,5H2,(H,18,19)/t11-/m1/s1. The van der Waals surface area contributed by atoms with Crippen molar-refractivity contribution in [3.8, 4) is 0 Å². The number of aliphatic carboxylic acids is 1. The van der Waals surface area contributed by atoms with Crippen molar-refractivity contribution in [3.63, 3.8) is 0 Å². The molecule has 0 aliphatic carbocycles. The Morgan fingerprint density at radius 2 is 2.26 bits per heavy atom. The fraction of sp³-hybridized carbons (Fsp3) is 0.308. The molecule has 6 heteroatoms. The van der Waals surface area contributed by atoms with E-state index in [0.29, 0.717) is 23.8 Å². The topological polar surface area (TPSA) is 66.3 Å². The molecular weight excluding hydrogens is 266 g/mol. The third-order valence-corrected chi connectivity index (χ3v) is 3.62. The molecule has 0 unspecified atom stereocenters. The lowest BCUT2D eigenvalue weighted by Crippen LogP contribution is -2.36. The number of aromatic nitrogens is 2. The van der Waals surface area contributed by atoms with E-state index in [-0.39, 0.29) is 0 Å². The number of benzene rings is 1. The first kappa shape index (κ1) is 12.2. The summed E-state index contributed by atoms with van der Waals surface area (Å²) in [6.45, 7) is 0.700. The summed E-state index contributed by atoms with van der Waals surface area (Å²) < 4.78 is 0. The summed E-state index contributed by atoms with van der Waals surface area (Å²) in [6.07, 6.45) is 2.95. The number of rotatable bonds is 2. The Labute approximate surface area is 114 Å². The third kappa shape index (κ3) is 2.10. The van der Waals surface area contributed by atoms with Crippen LogP contribution in [-0.2, 0) is 4.79 Å². The van der Waals surface area contributed by atoms with E-state index in [9.17, 15) is 9.90 Å². The van der Waals surface area contributed by atoms with Crippen molar-refractivity contribution in [2.24, 2.45) is 0 Å². The summed E-state index contributed by atoms with van der Waals surface area (Å²) in [5, 5.41) is 10.7. The summed E-state index contributed by atoms with van der Waals surface area (Å²) in [5.41, 5.74) is 0.730. The van der Waals surface area contributed by atoms with Gasteiger partial charge in [0, 0.05) is 17.0 Å². The quantitative estimate of drug-likeness (QED) is 0.913. The lowest BCUT2D eigenvalue weighted by atomic mass is 10.2. The van der Waals surface area contributed by atoms with Gasteiger partial charge in [-0.15, -0.1) is 0 Å². The van der Waals surface area contributed by atoms with Crippen molar-refractivity contribution in [1.29, 1.82) is 0 Å². The number of nitrogens with zero attached hydrogens (tertiary/aromatic N) is 3. The van der Waals surface area contributed by atoms with E-state index in [1.165, 1.54) is 6.33 Å². The van der Waals surface area contributed by atoms with Crippen LogP contribution < -0.4 is 4.90 Å². The molecule has 3 rings (SSSR count). The van der Waals surface area contributed by atoms with E-state index in [4.69, 9.17) is 11.6 Å². The average molecular weight is 278 g/mol. The third-order valence-electron chi connectivity index (χ3n) is 3.39. The predicted octanol–water partition coefficient (Wildman–Crippen LogP) is 2.34. The maximum Gasteiger partial charge on any atom is 0.326 e. The van der Waals surface area contributed by atoms with E-state index in [2.05, 4.69) is 9.97 Å². The van der Waals surface area contributed by atoms with Crippen LogP contribution in [0.3, 0.4) is 0 Å². The summed E-state index contributed by atoms with van der Waals surface area (Å²) in [6, 6.07) is 4.86. The minimum atomic E-state index is -0.807. The number of carbonyl (C=O) groups is 1. The van der Waals surface area contributed by atoms with Crippen molar-refractivity contribution in [2.75, 3.05) is 11.4 Å². The van der Waals surface area contributed by atoms with Crippen LogP contribution in [0.5, 0.6) is 0 Å². The second-order valence-corrected chi connectivity index (χ2v) is 4.98. The number of carboxylic acids is 1. The zero-order chi connectivity index (χ0) is 13.4. The van der Waals surface area contributed by atoms with Gasteiger partial charge in [-0.3, -0.25) is 0 Å². The molecule has 0 bridgehead atoms. The zero-order valence-electron chi connectivity index (χ0n) is 10.1. The van der Waals surface area contributed by atoms with Gasteiger partial charge in [0.05, 0.1) is 5.52 Å². The van der Waals surface area contributed by atoms with Crippen LogP contribution in [0.4, 0.5) is 5.82 Å². The minimum absolute atomic E-state index is 0.506. The van der Waals surface area contributed by atoms with E-state index in [0.717, 1.165) is 17.3 Å². The molecule has 98 valence electrons. The molecule has 0 saturated carbocycles. The highest BCUT2D eigenvalue weighted by Gasteiger charge is 2.32. The summed E-state index contributed by atoms with van der Waals surface area (Å²) in [4.78, 5) is 21.5. The molecular formula is C13H12ClN3O2. The highest BCUT2D eigenvalue weighted by molar-refractivity contribution is 6.31. The van der Waals surface area contributed by atoms with Crippen molar-refractivity contribution in [1.82, 2.24) is 9.97 Å². The Balaban J connectivity index is 2.12. The second-order valence-electron chi connectivity index (χ2n) is 4.55. The molecule has 2 aromatic rings. The Kier molecular flexibility index (Phi) is 2.98. The van der Waals surface area contributed by atoms with Gasteiger partial charge in [0.1, 0.15) is 18.2 Å². The van der Waals surface area contributed by atoms with Crippen molar-refractivity contribution in [2.45, 2.75) is 18.9 Å². The number of halogens is 1. The average Bonchev–Trinajstić information content (AvgIpc) is 2.86. The molecule has 1 N–H and O–H groups in total. The van der Waals surface area contributed by atoms with Crippen LogP contribution in [0.1, 0.15) is 12.8 Å². The molecule has 1 saturated heterocycles. The molecule has 0 spiro atoms. The van der Waals surface area contributed by atoms with Crippen LogP contribution in [0, 0.1) is 0 Å². The van der Waals surface area contributed by atoms with Gasteiger partial charge in [0.2, 0.25) is 0 Å². The van der Waals surface area contributed by atoms with Crippen LogP contribution in [-0.4, -0.2) is 33.6 Å². The summed E-state index contributed by atoms with van der Waals surface area (Å²) in [7, 11) is 0. The van der Waals surface area contributed by atoms with Gasteiger partial charge in [0.25, 0.3) is 0 Å². The monoisotopic (exact) mass is 277 g/mol. The number of carboxylic acid groups (broad SMARTS) is 1. The smallest absolute Gasteiger partial charge is 0.326 e. The predicted molar refractivity (Wildman–Crippen MR) is 72.6 cm³/mol. The van der Waals surface area contributed by atoms with E-state index >= 15 is 0 Å². The number of hydrogen-bond donors (Lipinski definition) is 1. The van der Waals surface area contributed by atoms with E-state index < -0.39 is 12.0 Å². The highest BCUT2D eigenvalue weighted by Crippen LogP contribution is 2.30. The molecule has 1 atom stereocenters. The molecule has 1 aliphatic heterocycles. The fourth-order valence-corrected chi connectivity index (χ4v) is 2.69. The first-order chi connectivity index (χ1) is 9.16. The first-order valence-corrected chi connectivity index (χ1v) is 6.44. The van der Waals surface area contributed by atoms with E-state index in [1.54, 1.807) is 12.1 Å². The van der Waals surface area contributed by atoms with Crippen molar-refractivity contribution >= 4 is 34.3 Å².